The molecule has 0 saturated carbocycles. The number of thioether (sulfide) groups is 1. The maximum atomic E-state index is 9.46. The van der Waals surface area contributed by atoms with Crippen molar-refractivity contribution in [2.45, 2.75) is 36.6 Å². The maximum absolute atomic E-state index is 9.46. The standard InChI is InChI=1S/C18H17N7OS2/c19-16-15-12-3-1-2-4-13(12)28-17(15)21-14(20-16)9-27-18-22-23-24-25(18)10-5-7-11(26)8-6-10/h5-8,26H,1-4,9H2,(H2,19,20,21). The molecule has 8 nitrogen and oxygen atoms in total. The van der Waals surface area contributed by atoms with Crippen LogP contribution in [0.5, 0.6) is 5.75 Å². The van der Waals surface area contributed by atoms with Crippen LogP contribution in [-0.4, -0.2) is 35.3 Å². The van der Waals surface area contributed by atoms with E-state index in [0.29, 0.717) is 22.6 Å². The van der Waals surface area contributed by atoms with Crippen molar-refractivity contribution >= 4 is 39.1 Å². The zero-order valence-corrected chi connectivity index (χ0v) is 16.5. The number of thiophene rings is 1. The fraction of sp³-hybridized carbons (Fsp3) is 0.278. The van der Waals surface area contributed by atoms with Gasteiger partial charge in [-0.2, -0.15) is 4.68 Å². The highest BCUT2D eigenvalue weighted by molar-refractivity contribution is 7.98. The lowest BCUT2D eigenvalue weighted by molar-refractivity contribution is 0.475. The van der Waals surface area contributed by atoms with E-state index in [2.05, 4.69) is 20.5 Å². The normalized spacial score (nSPS) is 13.7. The third kappa shape index (κ3) is 3.08. The van der Waals surface area contributed by atoms with Gasteiger partial charge in [0.15, 0.2) is 0 Å². The molecule has 1 aliphatic rings. The SMILES string of the molecule is Nc1nc(CSc2nnnn2-c2ccc(O)cc2)nc2sc3c(c12)CCCC3. The highest BCUT2D eigenvalue weighted by Crippen LogP contribution is 2.38. The van der Waals surface area contributed by atoms with E-state index >= 15 is 0 Å². The summed E-state index contributed by atoms with van der Waals surface area (Å²) in [5.74, 6) is 1.95. The molecule has 3 aromatic heterocycles. The zero-order chi connectivity index (χ0) is 19.1. The number of rotatable bonds is 4. The van der Waals surface area contributed by atoms with Crippen LogP contribution < -0.4 is 5.73 Å². The van der Waals surface area contributed by atoms with Gasteiger partial charge in [0.05, 0.1) is 16.8 Å². The second-order valence-electron chi connectivity index (χ2n) is 6.59. The number of fused-ring (bicyclic) bond motifs is 3. The first-order valence-corrected chi connectivity index (χ1v) is 10.8. The van der Waals surface area contributed by atoms with Crippen LogP contribution >= 0.6 is 23.1 Å². The first-order valence-electron chi connectivity index (χ1n) is 8.96. The second-order valence-corrected chi connectivity index (χ2v) is 8.62. The molecule has 0 atom stereocenters. The molecule has 0 saturated heterocycles. The lowest BCUT2D eigenvalue weighted by atomic mass is 9.97. The van der Waals surface area contributed by atoms with Crippen LogP contribution in [0.25, 0.3) is 15.9 Å². The third-order valence-corrected chi connectivity index (χ3v) is 6.86. The summed E-state index contributed by atoms with van der Waals surface area (Å²) in [7, 11) is 0. The smallest absolute Gasteiger partial charge is 0.214 e. The van der Waals surface area contributed by atoms with Gasteiger partial charge in [-0.3, -0.25) is 0 Å². The number of hydrogen-bond acceptors (Lipinski definition) is 9. The summed E-state index contributed by atoms with van der Waals surface area (Å²) in [5, 5.41) is 23.0. The van der Waals surface area contributed by atoms with Crippen LogP contribution in [0.1, 0.15) is 29.1 Å². The van der Waals surface area contributed by atoms with Crippen molar-refractivity contribution < 1.29 is 5.11 Å². The Balaban J connectivity index is 1.41. The summed E-state index contributed by atoms with van der Waals surface area (Å²) in [6.07, 6.45) is 4.62. The summed E-state index contributed by atoms with van der Waals surface area (Å²) < 4.78 is 1.62. The maximum Gasteiger partial charge on any atom is 0.214 e. The average Bonchev–Trinajstić information content (AvgIpc) is 3.31. The molecule has 0 radical (unpaired) electrons. The highest BCUT2D eigenvalue weighted by atomic mass is 32.2. The van der Waals surface area contributed by atoms with E-state index < -0.39 is 0 Å². The van der Waals surface area contributed by atoms with Crippen LogP contribution in [-0.2, 0) is 18.6 Å². The molecular weight excluding hydrogens is 394 g/mol. The van der Waals surface area contributed by atoms with Crippen molar-refractivity contribution in [2.75, 3.05) is 5.73 Å². The Kier molecular flexibility index (Phi) is 4.36. The van der Waals surface area contributed by atoms with Crippen molar-refractivity contribution in [1.82, 2.24) is 30.2 Å². The molecule has 3 N–H and O–H groups in total. The molecule has 0 bridgehead atoms. The van der Waals surface area contributed by atoms with Crippen molar-refractivity contribution in [1.29, 1.82) is 0 Å². The largest absolute Gasteiger partial charge is 0.508 e. The van der Waals surface area contributed by atoms with E-state index in [-0.39, 0.29) is 5.75 Å². The number of nitrogens with zero attached hydrogens (tertiary/aromatic N) is 6. The lowest BCUT2D eigenvalue weighted by Crippen LogP contribution is -2.03. The highest BCUT2D eigenvalue weighted by Gasteiger charge is 2.20. The van der Waals surface area contributed by atoms with Gasteiger partial charge in [-0.25, -0.2) is 9.97 Å². The summed E-state index contributed by atoms with van der Waals surface area (Å²) in [4.78, 5) is 11.7. The van der Waals surface area contributed by atoms with E-state index in [1.807, 2.05) is 0 Å². The molecule has 1 aromatic carbocycles. The van der Waals surface area contributed by atoms with Crippen LogP contribution in [0, 0.1) is 0 Å². The molecule has 0 unspecified atom stereocenters. The first-order chi connectivity index (χ1) is 13.7. The average molecular weight is 412 g/mol. The van der Waals surface area contributed by atoms with Crippen LogP contribution in [0.15, 0.2) is 29.4 Å². The minimum Gasteiger partial charge on any atom is -0.508 e. The predicted octanol–water partition coefficient (Wildman–Crippen LogP) is 3.13. The minimum atomic E-state index is 0.196. The number of tetrazole rings is 1. The van der Waals surface area contributed by atoms with Crippen LogP contribution in [0.4, 0.5) is 5.82 Å². The van der Waals surface area contributed by atoms with E-state index in [9.17, 15) is 5.11 Å². The van der Waals surface area contributed by atoms with Gasteiger partial charge in [-0.05, 0) is 65.9 Å². The predicted molar refractivity (Wildman–Crippen MR) is 109 cm³/mol. The molecule has 0 aliphatic heterocycles. The van der Waals surface area contributed by atoms with E-state index in [0.717, 1.165) is 28.7 Å². The van der Waals surface area contributed by atoms with Crippen LogP contribution in [0.2, 0.25) is 0 Å². The summed E-state index contributed by atoms with van der Waals surface area (Å²) in [6, 6.07) is 6.71. The summed E-state index contributed by atoms with van der Waals surface area (Å²) in [5.41, 5.74) is 8.40. The fourth-order valence-corrected chi connectivity index (χ4v) is 5.48. The molecule has 0 amide bonds. The molecule has 0 spiro atoms. The number of nitrogen functional groups attached to an aromatic ring is 1. The Morgan fingerprint density at radius 3 is 2.82 bits per heavy atom. The Hall–Kier alpha value is -2.72. The molecule has 5 rings (SSSR count). The Morgan fingerprint density at radius 1 is 1.14 bits per heavy atom. The van der Waals surface area contributed by atoms with Gasteiger partial charge in [0, 0.05) is 4.88 Å². The van der Waals surface area contributed by atoms with Gasteiger partial charge < -0.3 is 10.8 Å². The Labute approximate surface area is 168 Å². The monoisotopic (exact) mass is 411 g/mol. The van der Waals surface area contributed by atoms with Crippen molar-refractivity contribution in [2.24, 2.45) is 0 Å². The summed E-state index contributed by atoms with van der Waals surface area (Å²) >= 11 is 3.19. The quantitative estimate of drug-likeness (QED) is 0.492. The molecule has 1 aliphatic carbocycles. The molecule has 0 fully saturated rings. The number of anilines is 1. The number of aromatic nitrogens is 6. The number of aryl methyl sites for hydroxylation is 2. The Bertz CT molecular complexity index is 1150. The van der Waals surface area contributed by atoms with Gasteiger partial charge in [0.1, 0.15) is 22.2 Å². The number of benzene rings is 1. The number of phenolic OH excluding ortho intramolecular Hbond substituents is 1. The molecule has 10 heteroatoms. The first kappa shape index (κ1) is 17.4. The number of aromatic hydroxyl groups is 1. The van der Waals surface area contributed by atoms with Crippen molar-refractivity contribution in [3.8, 4) is 11.4 Å². The van der Waals surface area contributed by atoms with Crippen molar-refractivity contribution in [3.05, 3.63) is 40.5 Å². The zero-order valence-electron chi connectivity index (χ0n) is 14.9. The topological polar surface area (TPSA) is 116 Å². The molecular formula is C18H17N7OS2. The van der Waals surface area contributed by atoms with E-state index in [1.54, 1.807) is 40.3 Å². The lowest BCUT2D eigenvalue weighted by Gasteiger charge is -2.10. The van der Waals surface area contributed by atoms with Crippen molar-refractivity contribution in [3.63, 3.8) is 0 Å². The molecule has 28 heavy (non-hydrogen) atoms. The van der Waals surface area contributed by atoms with Gasteiger partial charge in [-0.15, -0.1) is 16.4 Å². The second kappa shape index (κ2) is 7.02. The van der Waals surface area contributed by atoms with E-state index in [4.69, 9.17) is 10.7 Å². The van der Waals surface area contributed by atoms with Gasteiger partial charge >= 0.3 is 0 Å². The van der Waals surface area contributed by atoms with Crippen LogP contribution in [0.3, 0.4) is 0 Å². The number of hydrogen-bond donors (Lipinski definition) is 2. The number of phenols is 1. The minimum absolute atomic E-state index is 0.196. The third-order valence-electron chi connectivity index (χ3n) is 4.75. The summed E-state index contributed by atoms with van der Waals surface area (Å²) in [6.45, 7) is 0. The molecule has 4 aromatic rings. The van der Waals surface area contributed by atoms with Gasteiger partial charge in [-0.1, -0.05) is 11.8 Å². The molecule has 142 valence electrons. The van der Waals surface area contributed by atoms with Gasteiger partial charge in [0.25, 0.3) is 0 Å². The van der Waals surface area contributed by atoms with Gasteiger partial charge in [0.2, 0.25) is 5.16 Å². The Morgan fingerprint density at radius 2 is 1.96 bits per heavy atom. The fourth-order valence-electron chi connectivity index (χ4n) is 3.45. The van der Waals surface area contributed by atoms with E-state index in [1.165, 1.54) is 35.0 Å². The number of nitrogens with two attached hydrogens (primary N) is 1. The molecule has 3 heterocycles.